The van der Waals surface area contributed by atoms with Crippen molar-refractivity contribution in [3.63, 3.8) is 0 Å². The fourth-order valence-electron chi connectivity index (χ4n) is 17.4. The quantitative estimate of drug-likeness (QED) is 0.105. The standard InChI is InChI=1S/C58H34.C46H30/c1-3-11-35(12-4-1)39-27-31-51-49-21-9-17-45-41(29-33-53(57(45)49)47-19-7-15-43(39)55(47)51)37-23-25-38(26-24-37)42-30-34-54-48-20-8-16-44-40(36-13-5-2-6-14-36)28-32-52(56(44)48)50-22-10-18-46(42)58(50)54;1-3-7-31(8-4-1)39-23-19-35-15-17-37-21-25-41(29-45(37)43(35)27-39)33-11-13-34(14-12-33)42-26-22-38-18-16-36-20-24-40(28-44(36)46(38)30-42)32-9-5-2-6-10-32/h1-34H;1-30H. The van der Waals surface area contributed by atoms with Gasteiger partial charge in [0.15, 0.2) is 0 Å². The van der Waals surface area contributed by atoms with Crippen LogP contribution in [0, 0.1) is 0 Å². The zero-order chi connectivity index (χ0) is 68.3. The molecule has 0 heteroatoms. The van der Waals surface area contributed by atoms with Crippen LogP contribution in [0.3, 0.4) is 0 Å². The summed E-state index contributed by atoms with van der Waals surface area (Å²) in [6.07, 6.45) is 0. The largest absolute Gasteiger partial charge is 0.0622 e. The third-order valence-electron chi connectivity index (χ3n) is 22.4. The summed E-state index contributed by atoms with van der Waals surface area (Å²) < 4.78 is 0. The molecular weight excluding hydrogens is 1250 g/mol. The maximum atomic E-state index is 2.36. The maximum Gasteiger partial charge on any atom is -0.00201 e. The molecule has 0 aliphatic carbocycles. The van der Waals surface area contributed by atoms with Crippen LogP contribution in [0.1, 0.15) is 0 Å². The maximum absolute atomic E-state index is 2.36. The smallest absolute Gasteiger partial charge is 0.00201 e. The number of rotatable bonds is 8. The van der Waals surface area contributed by atoms with E-state index in [9.17, 15) is 0 Å². The van der Waals surface area contributed by atoms with Gasteiger partial charge in [0.05, 0.1) is 0 Å². The molecule has 0 spiro atoms. The summed E-state index contributed by atoms with van der Waals surface area (Å²) in [7, 11) is 0. The fraction of sp³-hybridized carbons (Fsp3) is 0. The summed E-state index contributed by atoms with van der Waals surface area (Å²) in [5.74, 6) is 0. The van der Waals surface area contributed by atoms with E-state index in [1.165, 1.54) is 218 Å². The van der Waals surface area contributed by atoms with Gasteiger partial charge in [0.1, 0.15) is 0 Å². The van der Waals surface area contributed by atoms with E-state index >= 15 is 0 Å². The second-order valence-electron chi connectivity index (χ2n) is 28.0. The van der Waals surface area contributed by atoms with E-state index in [-0.39, 0.29) is 0 Å². The summed E-state index contributed by atoms with van der Waals surface area (Å²) in [5.41, 5.74) is 19.9. The van der Waals surface area contributed by atoms with Gasteiger partial charge >= 0.3 is 0 Å². The van der Waals surface area contributed by atoms with Gasteiger partial charge < -0.3 is 0 Å². The highest BCUT2D eigenvalue weighted by molar-refractivity contribution is 6.37. The van der Waals surface area contributed by atoms with Crippen molar-refractivity contribution < 1.29 is 0 Å². The number of hydrogen-bond acceptors (Lipinski definition) is 0. The van der Waals surface area contributed by atoms with Gasteiger partial charge in [-0.05, 0) is 243 Å². The van der Waals surface area contributed by atoms with E-state index in [1.807, 2.05) is 0 Å². The summed E-state index contributed by atoms with van der Waals surface area (Å²) in [5, 5.41) is 31.3. The average Bonchev–Trinajstić information content (AvgIpc) is 0.717. The predicted octanol–water partition coefficient (Wildman–Crippen LogP) is 29.4. The first-order valence-corrected chi connectivity index (χ1v) is 36.2. The van der Waals surface area contributed by atoms with Crippen LogP contribution in [0.2, 0.25) is 0 Å². The molecule has 0 fully saturated rings. The Balaban J connectivity index is 0.000000138. The Kier molecular flexibility index (Phi) is 13.8. The molecule has 0 atom stereocenters. The van der Waals surface area contributed by atoms with Gasteiger partial charge in [0.2, 0.25) is 0 Å². The molecule has 480 valence electrons. The van der Waals surface area contributed by atoms with E-state index in [1.54, 1.807) is 0 Å². The molecule has 0 aliphatic heterocycles. The second kappa shape index (κ2) is 24.1. The molecule has 0 unspecified atom stereocenters. The first kappa shape index (κ1) is 59.4. The van der Waals surface area contributed by atoms with Gasteiger partial charge in [-0.2, -0.15) is 0 Å². The average molecular weight is 1310 g/mol. The Morgan fingerprint density at radius 2 is 0.279 bits per heavy atom. The molecule has 104 heavy (non-hydrogen) atoms. The van der Waals surface area contributed by atoms with Crippen LogP contribution >= 0.6 is 0 Å². The van der Waals surface area contributed by atoms with Crippen molar-refractivity contribution in [3.05, 3.63) is 388 Å². The van der Waals surface area contributed by atoms with Crippen molar-refractivity contribution in [1.82, 2.24) is 0 Å². The third-order valence-corrected chi connectivity index (χ3v) is 22.4. The molecule has 22 aromatic carbocycles. The minimum atomic E-state index is 1.22. The number of benzene rings is 22. The lowest BCUT2D eigenvalue weighted by Crippen LogP contribution is -1.91. The fourth-order valence-corrected chi connectivity index (χ4v) is 17.4. The molecule has 0 heterocycles. The van der Waals surface area contributed by atoms with E-state index in [0.29, 0.717) is 0 Å². The zero-order valence-electron chi connectivity index (χ0n) is 57.0. The van der Waals surface area contributed by atoms with Crippen molar-refractivity contribution in [2.45, 2.75) is 0 Å². The summed E-state index contributed by atoms with van der Waals surface area (Å²) in [6, 6.07) is 143. The lowest BCUT2D eigenvalue weighted by molar-refractivity contribution is 1.62. The van der Waals surface area contributed by atoms with Crippen molar-refractivity contribution in [1.29, 1.82) is 0 Å². The molecule has 0 bridgehead atoms. The second-order valence-corrected chi connectivity index (χ2v) is 28.0. The molecular formula is C104H64. The van der Waals surface area contributed by atoms with Gasteiger partial charge in [-0.1, -0.05) is 364 Å². The minimum absolute atomic E-state index is 1.22. The van der Waals surface area contributed by atoms with Gasteiger partial charge in [0.25, 0.3) is 0 Å². The molecule has 0 saturated heterocycles. The SMILES string of the molecule is c1ccc(-c2ccc3c4cccc5c(-c6ccc(-c7ccc8c9cccc%10c(-c%11ccccc%11)ccc(c%11cccc7c%118)c%109)cc6)ccc(c6cccc2c63)c54)cc1.c1ccc(-c2ccc3ccc4ccc(-c5ccc(-c6ccc7ccc8ccc(-c9ccccc9)cc8c7c6)cc5)cc4c3c2)cc1. The van der Waals surface area contributed by atoms with Crippen LogP contribution in [-0.4, -0.2) is 0 Å². The highest BCUT2D eigenvalue weighted by Gasteiger charge is 2.21. The van der Waals surface area contributed by atoms with Crippen molar-refractivity contribution in [2.24, 2.45) is 0 Å². The van der Waals surface area contributed by atoms with Crippen LogP contribution in [-0.2, 0) is 0 Å². The van der Waals surface area contributed by atoms with Gasteiger partial charge in [-0.3, -0.25) is 0 Å². The predicted molar refractivity (Wildman–Crippen MR) is 449 cm³/mol. The van der Waals surface area contributed by atoms with Crippen LogP contribution in [0.4, 0.5) is 0 Å². The van der Waals surface area contributed by atoms with Crippen molar-refractivity contribution in [3.8, 4) is 89.0 Å². The van der Waals surface area contributed by atoms with E-state index < -0.39 is 0 Å². The molecule has 0 amide bonds. The lowest BCUT2D eigenvalue weighted by atomic mass is 9.84. The Hall–Kier alpha value is -13.5. The molecule has 22 aromatic rings. The van der Waals surface area contributed by atoms with Gasteiger partial charge in [-0.25, -0.2) is 0 Å². The van der Waals surface area contributed by atoms with Crippen molar-refractivity contribution >= 4 is 129 Å². The first-order chi connectivity index (χ1) is 51.6. The third kappa shape index (κ3) is 9.68. The summed E-state index contributed by atoms with van der Waals surface area (Å²) >= 11 is 0. The minimum Gasteiger partial charge on any atom is -0.0622 e. The highest BCUT2D eigenvalue weighted by atomic mass is 14.2. The molecule has 0 N–H and O–H groups in total. The summed E-state index contributed by atoms with van der Waals surface area (Å²) in [6.45, 7) is 0. The van der Waals surface area contributed by atoms with Crippen LogP contribution in [0.15, 0.2) is 388 Å². The molecule has 0 nitrogen and oxygen atoms in total. The molecule has 0 aromatic heterocycles. The van der Waals surface area contributed by atoms with E-state index in [4.69, 9.17) is 0 Å². The van der Waals surface area contributed by atoms with Crippen LogP contribution in [0.25, 0.3) is 218 Å². The molecule has 0 radical (unpaired) electrons. The van der Waals surface area contributed by atoms with Gasteiger partial charge in [0, 0.05) is 0 Å². The Bertz CT molecular complexity index is 6660. The Morgan fingerprint density at radius 1 is 0.0962 bits per heavy atom. The van der Waals surface area contributed by atoms with E-state index in [2.05, 4.69) is 388 Å². The molecule has 0 saturated carbocycles. The van der Waals surface area contributed by atoms with Crippen molar-refractivity contribution in [2.75, 3.05) is 0 Å². The Labute approximate surface area is 602 Å². The van der Waals surface area contributed by atoms with Crippen LogP contribution in [0.5, 0.6) is 0 Å². The Morgan fingerprint density at radius 3 is 0.538 bits per heavy atom. The molecule has 0 aliphatic rings. The lowest BCUT2D eigenvalue weighted by Gasteiger charge is -2.19. The van der Waals surface area contributed by atoms with Gasteiger partial charge in [-0.15, -0.1) is 0 Å². The number of hydrogen-bond donors (Lipinski definition) is 0. The van der Waals surface area contributed by atoms with Crippen LogP contribution < -0.4 is 0 Å². The topological polar surface area (TPSA) is 0 Å². The number of fused-ring (bicyclic) bond motifs is 10. The summed E-state index contributed by atoms with van der Waals surface area (Å²) in [4.78, 5) is 0. The first-order valence-electron chi connectivity index (χ1n) is 36.2. The van der Waals surface area contributed by atoms with E-state index in [0.717, 1.165) is 0 Å². The zero-order valence-corrected chi connectivity index (χ0v) is 57.0. The monoisotopic (exact) mass is 1310 g/mol. The molecule has 22 rings (SSSR count). The highest BCUT2D eigenvalue weighted by Crippen LogP contribution is 2.49. The normalized spacial score (nSPS) is 11.8.